The molecule has 14 heteroatoms. The summed E-state index contributed by atoms with van der Waals surface area (Å²) in [4.78, 5) is 27.3. The highest BCUT2D eigenvalue weighted by Crippen LogP contribution is 2.43. The first-order valence-electron chi connectivity index (χ1n) is 39.2. The molecule has 0 aliphatic heterocycles. The molecule has 113 heavy (non-hydrogen) atoms. The van der Waals surface area contributed by atoms with Crippen molar-refractivity contribution >= 4 is 88.3 Å². The molecular formula is C99H84N10O4+4. The normalized spacial score (nSPS) is 11.9. The Labute approximate surface area is 659 Å². The maximum absolute atomic E-state index is 7.66. The van der Waals surface area contributed by atoms with Crippen molar-refractivity contribution in [2.24, 2.45) is 28.2 Å². The highest BCUT2D eigenvalue weighted by atomic mass is 16.4. The van der Waals surface area contributed by atoms with Crippen LogP contribution in [0.25, 0.3) is 178 Å². The fourth-order valence-electron chi connectivity index (χ4n) is 15.5. The first-order chi connectivity index (χ1) is 56.1. The molecule has 0 saturated carbocycles. The number of aromatic nitrogens is 10. The van der Waals surface area contributed by atoms with Gasteiger partial charge in [0, 0.05) is 124 Å². The summed E-state index contributed by atoms with van der Waals surface area (Å²) in [7, 11) is 8.23. The Morgan fingerprint density at radius 3 is 1.30 bits per heavy atom. The van der Waals surface area contributed by atoms with E-state index in [1.54, 1.807) is 12.1 Å². The highest BCUT2D eigenvalue weighted by Gasteiger charge is 2.28. The third kappa shape index (κ3) is 13.7. The zero-order valence-electron chi connectivity index (χ0n) is 68.1. The van der Waals surface area contributed by atoms with Crippen LogP contribution < -0.4 is 18.3 Å². The van der Waals surface area contributed by atoms with Gasteiger partial charge in [0.05, 0.1) is 44.8 Å². The van der Waals surface area contributed by atoms with Crippen LogP contribution in [0.3, 0.4) is 0 Å². The largest absolute Gasteiger partial charge is 0.438 e. The smallest absolute Gasteiger partial charge is 0.227 e. The second kappa shape index (κ2) is 29.8. The van der Waals surface area contributed by atoms with Gasteiger partial charge in [-0.2, -0.15) is 0 Å². The van der Waals surface area contributed by atoms with Crippen LogP contribution in [0, 0.1) is 62.2 Å². The molecule has 0 fully saturated rings. The van der Waals surface area contributed by atoms with Gasteiger partial charge in [0.1, 0.15) is 33.8 Å². The van der Waals surface area contributed by atoms with Crippen molar-refractivity contribution in [1.82, 2.24) is 29.9 Å². The minimum Gasteiger partial charge on any atom is -0.438 e. The van der Waals surface area contributed by atoms with Crippen molar-refractivity contribution in [3.63, 3.8) is 0 Å². The number of benzene rings is 6. The minimum absolute atomic E-state index is 0.333. The lowest BCUT2D eigenvalue weighted by Gasteiger charge is -2.11. The lowest BCUT2D eigenvalue weighted by Crippen LogP contribution is -2.31. The summed E-state index contributed by atoms with van der Waals surface area (Å²) >= 11 is 0. The number of fused-ring (bicyclic) bond motifs is 12. The fraction of sp³-hybridized carbons (Fsp3) is 0.131. The van der Waals surface area contributed by atoms with Crippen molar-refractivity contribution in [1.29, 1.82) is 0 Å². The van der Waals surface area contributed by atoms with E-state index in [0.29, 0.717) is 28.4 Å². The van der Waals surface area contributed by atoms with Gasteiger partial charge in [-0.3, -0.25) is 9.97 Å². The maximum Gasteiger partial charge on any atom is 0.227 e. The SMILES string of the molecule is Cc1ccc2c(n1)oc1c(-c3cc(-c4ccccn4)cc[n+]3C)c(C)ccc12.Cc1ccc2c(n1)oc1c(-c3ccc(-c4ccccn4)c[n+]3C)c(C)ccc12.Cc1ccc2c(n1)oc1ccc(C)c(-c3ccc(-c4ccccc4)c[n+]3C)c12.[2H]C([2H])([2H])c1ccc(-c2ccc[n+](C)c2-c2c(C)ccc3c2oc2nc(C)ccc23)cc1. The van der Waals surface area contributed by atoms with Crippen molar-refractivity contribution in [3.05, 3.63) is 324 Å². The van der Waals surface area contributed by atoms with Gasteiger partial charge in [0.15, 0.2) is 41.5 Å². The summed E-state index contributed by atoms with van der Waals surface area (Å²) in [6, 6.07) is 79.8. The molecular weight excluding hydrogens is 1390 g/mol. The molecule has 14 aromatic heterocycles. The number of furan rings is 4. The van der Waals surface area contributed by atoms with Crippen LogP contribution in [0.2, 0.25) is 0 Å². The standard InChI is InChI=1S/C26H23N2O.C25H21N2O.2C24H20N3O/c1-16-7-11-19(12-8-16)20-6-5-15-28(4)24(20)23-17(2)9-13-21-22-14-10-18(3)27-26(22)29-25(21)23;1-16-9-14-22-24(20-12-10-17(2)26-25(20)28-22)23(16)21-13-11-19(15-27(21)3)18-7-5-4-6-8-18;1-15-7-10-18-19-11-8-16(2)26-24(19)28-23(18)22(15)21-12-9-17(14-27(21)3)20-6-4-5-13-25-20;1-15-7-9-18-19-10-8-16(2)26-24(19)28-23(18)22(15)21-14-17(11-13-27(21)3)20-6-4-5-12-25-20/h5-15H,1-4H3;4-15H,1-3H3;2*4-14H,1-3H3/q4*+1/i1D3;;;. The summed E-state index contributed by atoms with van der Waals surface area (Å²) in [5, 5.41) is 8.50. The van der Waals surface area contributed by atoms with Gasteiger partial charge < -0.3 is 17.7 Å². The third-order valence-electron chi connectivity index (χ3n) is 21.2. The van der Waals surface area contributed by atoms with E-state index in [4.69, 9.17) is 21.8 Å². The third-order valence-corrected chi connectivity index (χ3v) is 21.2. The Morgan fingerprint density at radius 1 is 0.310 bits per heavy atom. The van der Waals surface area contributed by atoms with Crippen LogP contribution in [0.5, 0.6) is 0 Å². The molecule has 20 rings (SSSR count). The summed E-state index contributed by atoms with van der Waals surface area (Å²) in [6.45, 7) is 14.3. The molecule has 0 radical (unpaired) electrons. The fourth-order valence-corrected chi connectivity index (χ4v) is 15.5. The summed E-state index contributed by atoms with van der Waals surface area (Å²) in [5.74, 6) is 0. The Bertz CT molecular complexity index is 7210. The second-order valence-corrected chi connectivity index (χ2v) is 29.2. The Morgan fingerprint density at radius 2 is 0.761 bits per heavy atom. The first-order valence-corrected chi connectivity index (χ1v) is 37.7. The summed E-state index contributed by atoms with van der Waals surface area (Å²) < 4.78 is 56.4. The molecule has 14 heterocycles. The van der Waals surface area contributed by atoms with Crippen LogP contribution >= 0.6 is 0 Å². The molecule has 6 aromatic carbocycles. The van der Waals surface area contributed by atoms with Crippen molar-refractivity contribution in [3.8, 4) is 89.8 Å². The van der Waals surface area contributed by atoms with Crippen LogP contribution in [-0.4, -0.2) is 29.9 Å². The molecule has 0 aliphatic carbocycles. The zero-order valence-corrected chi connectivity index (χ0v) is 65.1. The summed E-state index contributed by atoms with van der Waals surface area (Å²) in [5.41, 5.74) is 32.1. The Balaban J connectivity index is 0.000000111. The molecule has 0 aliphatic rings. The van der Waals surface area contributed by atoms with E-state index in [9.17, 15) is 0 Å². The van der Waals surface area contributed by atoms with E-state index in [1.165, 1.54) is 27.8 Å². The van der Waals surface area contributed by atoms with Crippen molar-refractivity contribution in [2.75, 3.05) is 0 Å². The number of hydrogen-bond acceptors (Lipinski definition) is 10. The second-order valence-electron chi connectivity index (χ2n) is 29.2. The zero-order chi connectivity index (χ0) is 80.4. The molecule has 0 amide bonds. The van der Waals surface area contributed by atoms with Crippen LogP contribution in [-0.2, 0) is 28.2 Å². The molecule has 0 N–H and O–H groups in total. The van der Waals surface area contributed by atoms with Gasteiger partial charge >= 0.3 is 0 Å². The topological polar surface area (TPSA) is 145 Å². The Kier molecular flexibility index (Phi) is 18.0. The number of rotatable bonds is 8. The van der Waals surface area contributed by atoms with E-state index in [0.717, 1.165) is 172 Å². The highest BCUT2D eigenvalue weighted by molar-refractivity contribution is 6.13. The van der Waals surface area contributed by atoms with E-state index in [-0.39, 0.29) is 0 Å². The van der Waals surface area contributed by atoms with E-state index in [2.05, 4.69) is 249 Å². The predicted molar refractivity (Wildman–Crippen MR) is 452 cm³/mol. The summed E-state index contributed by atoms with van der Waals surface area (Å²) in [6.07, 6.45) is 12.0. The van der Waals surface area contributed by atoms with Gasteiger partial charge in [-0.15, -0.1) is 0 Å². The van der Waals surface area contributed by atoms with Gasteiger partial charge in [0.2, 0.25) is 45.6 Å². The number of nitrogens with zero attached hydrogens (tertiary/aromatic N) is 10. The Hall–Kier alpha value is -14.0. The van der Waals surface area contributed by atoms with E-state index in [1.807, 2.05) is 144 Å². The van der Waals surface area contributed by atoms with Gasteiger partial charge in [-0.05, 0) is 193 Å². The minimum atomic E-state index is -2.12. The lowest BCUT2D eigenvalue weighted by molar-refractivity contribution is -0.660. The molecule has 14 nitrogen and oxygen atoms in total. The van der Waals surface area contributed by atoms with Gasteiger partial charge in [0.25, 0.3) is 0 Å². The monoisotopic (exact) mass is 1480 g/mol. The number of aryl methyl sites for hydroxylation is 13. The lowest BCUT2D eigenvalue weighted by atomic mass is 9.94. The molecule has 0 atom stereocenters. The van der Waals surface area contributed by atoms with Crippen molar-refractivity contribution in [2.45, 2.75) is 62.2 Å². The number of hydrogen-bond donors (Lipinski definition) is 0. The molecule has 20 aromatic rings. The molecule has 550 valence electrons. The van der Waals surface area contributed by atoms with E-state index >= 15 is 0 Å². The average Bonchev–Trinajstić information content (AvgIpc) is 1.57. The molecule has 0 spiro atoms. The van der Waals surface area contributed by atoms with E-state index < -0.39 is 6.85 Å². The van der Waals surface area contributed by atoms with Crippen molar-refractivity contribution < 1.29 is 40.0 Å². The molecule has 0 saturated heterocycles. The maximum atomic E-state index is 7.66. The molecule has 0 unspecified atom stereocenters. The molecule has 0 bridgehead atoms. The van der Waals surface area contributed by atoms with Gasteiger partial charge in [-0.25, -0.2) is 38.2 Å². The average molecular weight is 1480 g/mol. The van der Waals surface area contributed by atoms with Crippen LogP contribution in [0.1, 0.15) is 54.7 Å². The first kappa shape index (κ1) is 68.3. The van der Waals surface area contributed by atoms with Gasteiger partial charge in [-0.1, -0.05) is 115 Å². The number of pyridine rings is 10. The van der Waals surface area contributed by atoms with Crippen LogP contribution in [0.4, 0.5) is 0 Å². The quantitative estimate of drug-likeness (QED) is 0.135. The van der Waals surface area contributed by atoms with Crippen LogP contribution in [0.15, 0.2) is 291 Å². The predicted octanol–water partition coefficient (Wildman–Crippen LogP) is 22.1.